The average molecular weight is 251 g/mol. The molecule has 0 amide bonds. The van der Waals surface area contributed by atoms with Crippen LogP contribution in [0.4, 0.5) is 0 Å². The second-order valence-electron chi connectivity index (χ2n) is 4.29. The van der Waals surface area contributed by atoms with Crippen molar-refractivity contribution in [1.82, 2.24) is 9.55 Å². The quantitative estimate of drug-likeness (QED) is 0.831. The number of nitriles is 1. The number of nitrogens with zero attached hydrogens (tertiary/aromatic N) is 2. The molecular formula is C12H17N3O3. The summed E-state index contributed by atoms with van der Waals surface area (Å²) in [5.41, 5.74) is -1.24. The molecule has 0 spiro atoms. The lowest BCUT2D eigenvalue weighted by Crippen LogP contribution is -2.36. The van der Waals surface area contributed by atoms with Crippen molar-refractivity contribution in [3.63, 3.8) is 0 Å². The van der Waals surface area contributed by atoms with Gasteiger partial charge in [-0.15, -0.1) is 0 Å². The van der Waals surface area contributed by atoms with Gasteiger partial charge in [0.05, 0.1) is 12.6 Å². The van der Waals surface area contributed by atoms with Gasteiger partial charge in [0, 0.05) is 12.8 Å². The summed E-state index contributed by atoms with van der Waals surface area (Å²) >= 11 is 0. The predicted molar refractivity (Wildman–Crippen MR) is 66.4 cm³/mol. The molecule has 1 aromatic rings. The number of rotatable bonds is 5. The maximum absolute atomic E-state index is 11.8. The summed E-state index contributed by atoms with van der Waals surface area (Å²) in [6.45, 7) is 6.69. The number of ether oxygens (including phenoxy) is 1. The van der Waals surface area contributed by atoms with Crippen LogP contribution in [0.5, 0.6) is 0 Å². The fourth-order valence-electron chi connectivity index (χ4n) is 1.64. The highest BCUT2D eigenvalue weighted by Gasteiger charge is 2.18. The van der Waals surface area contributed by atoms with Gasteiger partial charge in [-0.2, -0.15) is 5.26 Å². The maximum Gasteiger partial charge on any atom is 0.328 e. The molecule has 0 aliphatic carbocycles. The monoisotopic (exact) mass is 251 g/mol. The Morgan fingerprint density at radius 1 is 1.50 bits per heavy atom. The van der Waals surface area contributed by atoms with Crippen LogP contribution in [0.25, 0.3) is 0 Å². The largest absolute Gasteiger partial charge is 0.380 e. The lowest BCUT2D eigenvalue weighted by atomic mass is 10.1. The molecule has 0 fully saturated rings. The van der Waals surface area contributed by atoms with Crippen LogP contribution in [0.15, 0.2) is 15.8 Å². The van der Waals surface area contributed by atoms with Gasteiger partial charge in [-0.05, 0) is 12.8 Å². The summed E-state index contributed by atoms with van der Waals surface area (Å²) in [6.07, 6.45) is 1.30. The second kappa shape index (κ2) is 6.17. The molecule has 6 heteroatoms. The molecule has 98 valence electrons. The molecule has 0 aliphatic heterocycles. The molecule has 18 heavy (non-hydrogen) atoms. The number of aromatic nitrogens is 2. The minimum atomic E-state index is -0.655. The Balaban J connectivity index is 3.24. The minimum Gasteiger partial charge on any atom is -0.380 e. The number of nitrogens with one attached hydrogen (secondary N) is 1. The van der Waals surface area contributed by atoms with Gasteiger partial charge in [0.1, 0.15) is 11.6 Å². The highest BCUT2D eigenvalue weighted by molar-refractivity contribution is 5.21. The van der Waals surface area contributed by atoms with Crippen molar-refractivity contribution in [3.8, 4) is 6.07 Å². The molecule has 0 bridgehead atoms. The Labute approximate surface area is 105 Å². The minimum absolute atomic E-state index is 0.0725. The standard InChI is InChI=1S/C12H17N3O3/c1-4-18-7-10(8(2)3)15-6-9(5-13)11(16)14-12(15)17/h6,8,10H,4,7H2,1-3H3,(H,14,16,17). The molecule has 0 saturated carbocycles. The molecule has 1 unspecified atom stereocenters. The fraction of sp³-hybridized carbons (Fsp3) is 0.583. The molecule has 1 rings (SSSR count). The summed E-state index contributed by atoms with van der Waals surface area (Å²) in [4.78, 5) is 25.2. The zero-order valence-electron chi connectivity index (χ0n) is 10.8. The van der Waals surface area contributed by atoms with Gasteiger partial charge < -0.3 is 4.74 Å². The van der Waals surface area contributed by atoms with Crippen molar-refractivity contribution in [2.75, 3.05) is 13.2 Å². The van der Waals surface area contributed by atoms with Crippen molar-refractivity contribution in [2.45, 2.75) is 26.8 Å². The molecule has 0 saturated heterocycles. The molecule has 1 N–H and O–H groups in total. The van der Waals surface area contributed by atoms with Crippen molar-refractivity contribution >= 4 is 0 Å². The first-order chi connectivity index (χ1) is 8.51. The van der Waals surface area contributed by atoms with Gasteiger partial charge in [0.15, 0.2) is 0 Å². The summed E-state index contributed by atoms with van der Waals surface area (Å²) < 4.78 is 6.70. The van der Waals surface area contributed by atoms with E-state index in [1.54, 1.807) is 6.07 Å². The van der Waals surface area contributed by atoms with E-state index >= 15 is 0 Å². The van der Waals surface area contributed by atoms with Crippen LogP contribution in [0.3, 0.4) is 0 Å². The highest BCUT2D eigenvalue weighted by Crippen LogP contribution is 2.15. The molecule has 0 radical (unpaired) electrons. The van der Waals surface area contributed by atoms with E-state index in [-0.39, 0.29) is 17.5 Å². The summed E-state index contributed by atoms with van der Waals surface area (Å²) in [7, 11) is 0. The van der Waals surface area contributed by atoms with Gasteiger partial charge in [-0.3, -0.25) is 14.3 Å². The number of hydrogen-bond acceptors (Lipinski definition) is 4. The Bertz CT molecular complexity index is 551. The normalized spacial score (nSPS) is 12.4. The van der Waals surface area contributed by atoms with E-state index in [0.717, 1.165) is 0 Å². The first-order valence-electron chi connectivity index (χ1n) is 5.84. The predicted octanol–water partition coefficient (Wildman–Crippen LogP) is 0.642. The van der Waals surface area contributed by atoms with Crippen molar-refractivity contribution < 1.29 is 4.74 Å². The number of H-pyrrole nitrogens is 1. The van der Waals surface area contributed by atoms with Crippen LogP contribution in [0.1, 0.15) is 32.4 Å². The summed E-state index contributed by atoms with van der Waals surface area (Å²) in [6, 6.07) is 1.56. The van der Waals surface area contributed by atoms with E-state index in [1.807, 2.05) is 20.8 Å². The highest BCUT2D eigenvalue weighted by atomic mass is 16.5. The Morgan fingerprint density at radius 3 is 2.67 bits per heavy atom. The first-order valence-corrected chi connectivity index (χ1v) is 5.84. The molecule has 6 nitrogen and oxygen atoms in total. The third-order valence-corrected chi connectivity index (χ3v) is 2.71. The second-order valence-corrected chi connectivity index (χ2v) is 4.29. The van der Waals surface area contributed by atoms with Crippen molar-refractivity contribution in [2.24, 2.45) is 5.92 Å². The van der Waals surface area contributed by atoms with Gasteiger partial charge in [-0.25, -0.2) is 4.79 Å². The van der Waals surface area contributed by atoms with Crippen LogP contribution in [0, 0.1) is 17.2 Å². The van der Waals surface area contributed by atoms with Crippen LogP contribution >= 0.6 is 0 Å². The van der Waals surface area contributed by atoms with Crippen molar-refractivity contribution in [3.05, 3.63) is 32.6 Å². The van der Waals surface area contributed by atoms with E-state index < -0.39 is 11.2 Å². The van der Waals surface area contributed by atoms with Gasteiger partial charge >= 0.3 is 5.69 Å². The molecule has 0 aromatic carbocycles. The fourth-order valence-corrected chi connectivity index (χ4v) is 1.64. The van der Waals surface area contributed by atoms with Gasteiger partial charge in [-0.1, -0.05) is 13.8 Å². The smallest absolute Gasteiger partial charge is 0.328 e. The Kier molecular flexibility index (Phi) is 4.86. The maximum atomic E-state index is 11.8. The molecule has 1 aromatic heterocycles. The SMILES string of the molecule is CCOCC(C(C)C)n1cc(C#N)c(=O)[nH]c1=O. The molecule has 1 heterocycles. The zero-order valence-corrected chi connectivity index (χ0v) is 10.8. The summed E-state index contributed by atoms with van der Waals surface area (Å²) in [5.74, 6) is 0.145. The first kappa shape index (κ1) is 14.2. The van der Waals surface area contributed by atoms with Crippen LogP contribution in [-0.4, -0.2) is 22.8 Å². The number of hydrogen-bond donors (Lipinski definition) is 1. The lowest BCUT2D eigenvalue weighted by molar-refractivity contribution is 0.0944. The molecule has 0 aliphatic rings. The lowest BCUT2D eigenvalue weighted by Gasteiger charge is -2.22. The third kappa shape index (κ3) is 3.08. The zero-order chi connectivity index (χ0) is 13.7. The van der Waals surface area contributed by atoms with Crippen LogP contribution in [0.2, 0.25) is 0 Å². The number of aromatic amines is 1. The summed E-state index contributed by atoms with van der Waals surface area (Å²) in [5, 5.41) is 8.81. The topological polar surface area (TPSA) is 87.9 Å². The Morgan fingerprint density at radius 2 is 2.17 bits per heavy atom. The van der Waals surface area contributed by atoms with Crippen LogP contribution in [-0.2, 0) is 4.74 Å². The van der Waals surface area contributed by atoms with E-state index in [0.29, 0.717) is 13.2 Å². The van der Waals surface area contributed by atoms with Gasteiger partial charge in [0.25, 0.3) is 5.56 Å². The Hall–Kier alpha value is -1.87. The van der Waals surface area contributed by atoms with Crippen molar-refractivity contribution in [1.29, 1.82) is 5.26 Å². The molecular weight excluding hydrogens is 234 g/mol. The van der Waals surface area contributed by atoms with E-state index in [9.17, 15) is 9.59 Å². The van der Waals surface area contributed by atoms with Crippen LogP contribution < -0.4 is 11.2 Å². The van der Waals surface area contributed by atoms with Gasteiger partial charge in [0.2, 0.25) is 0 Å². The average Bonchev–Trinajstić information content (AvgIpc) is 2.31. The van der Waals surface area contributed by atoms with E-state index in [2.05, 4.69) is 4.98 Å². The third-order valence-electron chi connectivity index (χ3n) is 2.71. The van der Waals surface area contributed by atoms with E-state index in [4.69, 9.17) is 10.00 Å². The van der Waals surface area contributed by atoms with E-state index in [1.165, 1.54) is 10.8 Å². The molecule has 1 atom stereocenters.